The number of hydrogen-bond acceptors (Lipinski definition) is 10. The average molecular weight is 563 g/mol. The standard InChI is InChI=1S/C28H28F2N8OS/c1-14-20(37-7-5-36(2)6-8-37)3-4-38(14)28-34-10-16-17-12-39-13-18(17)21(23(30)24(16)35-28)25-22-15(9-31)27(32)40-26(22)19(29)11-33-25/h10-11,14,20H,3-8,12-13,32H2,1-2H3/t14-,20-/m0/s1. The van der Waals surface area contributed by atoms with Crippen molar-refractivity contribution in [3.63, 3.8) is 0 Å². The highest BCUT2D eigenvalue weighted by molar-refractivity contribution is 7.23. The first-order chi connectivity index (χ1) is 19.4. The van der Waals surface area contributed by atoms with Gasteiger partial charge in [-0.05, 0) is 31.5 Å². The highest BCUT2D eigenvalue weighted by Gasteiger charge is 2.37. The molecule has 206 valence electrons. The van der Waals surface area contributed by atoms with Crippen LogP contribution in [0.4, 0.5) is 19.7 Å². The van der Waals surface area contributed by atoms with Crippen molar-refractivity contribution >= 4 is 43.3 Å². The van der Waals surface area contributed by atoms with Crippen LogP contribution in [0.1, 0.15) is 30.0 Å². The number of halogens is 2. The van der Waals surface area contributed by atoms with Crippen LogP contribution in [0.15, 0.2) is 12.4 Å². The zero-order chi connectivity index (χ0) is 27.7. The van der Waals surface area contributed by atoms with Crippen molar-refractivity contribution < 1.29 is 13.5 Å². The summed E-state index contributed by atoms with van der Waals surface area (Å²) in [6.07, 6.45) is 3.73. The molecule has 1 aromatic carbocycles. The van der Waals surface area contributed by atoms with E-state index in [-0.39, 0.29) is 56.7 Å². The molecule has 0 radical (unpaired) electrons. The van der Waals surface area contributed by atoms with Crippen molar-refractivity contribution in [1.29, 1.82) is 5.26 Å². The molecule has 3 aromatic heterocycles. The molecule has 2 N–H and O–H groups in total. The number of nitrogen functional groups attached to an aromatic ring is 1. The largest absolute Gasteiger partial charge is 0.389 e. The van der Waals surface area contributed by atoms with Gasteiger partial charge >= 0.3 is 0 Å². The number of ether oxygens (including phenoxy) is 1. The Kier molecular flexibility index (Phi) is 6.08. The van der Waals surface area contributed by atoms with Gasteiger partial charge in [-0.25, -0.2) is 18.7 Å². The lowest BCUT2D eigenvalue weighted by Gasteiger charge is -2.38. The van der Waals surface area contributed by atoms with E-state index >= 15 is 4.39 Å². The molecule has 2 saturated heterocycles. The summed E-state index contributed by atoms with van der Waals surface area (Å²) in [7, 11) is 2.15. The van der Waals surface area contributed by atoms with Gasteiger partial charge in [0.1, 0.15) is 16.6 Å². The molecule has 12 heteroatoms. The second kappa shape index (κ2) is 9.55. The second-order valence-corrected chi connectivity index (χ2v) is 11.9. The zero-order valence-electron chi connectivity index (χ0n) is 22.2. The smallest absolute Gasteiger partial charge is 0.226 e. The Hall–Kier alpha value is -3.50. The fraction of sp³-hybridized carbons (Fsp3) is 0.429. The molecule has 0 bridgehead atoms. The van der Waals surface area contributed by atoms with E-state index in [4.69, 9.17) is 15.5 Å². The number of pyridine rings is 1. The Morgan fingerprint density at radius 2 is 1.88 bits per heavy atom. The molecule has 9 nitrogen and oxygen atoms in total. The number of nitrogens with two attached hydrogens (primary N) is 1. The van der Waals surface area contributed by atoms with Gasteiger partial charge in [0.15, 0.2) is 11.6 Å². The van der Waals surface area contributed by atoms with E-state index in [0.717, 1.165) is 62.2 Å². The van der Waals surface area contributed by atoms with Crippen molar-refractivity contribution in [3.8, 4) is 17.3 Å². The number of aromatic nitrogens is 3. The molecule has 3 aliphatic heterocycles. The number of thiophene rings is 1. The molecule has 0 spiro atoms. The SMILES string of the molecule is C[C@H]1[C@@H](N2CCN(C)CC2)CCN1c1ncc2c3c(c(-c4ncc(F)c5sc(N)c(C#N)c45)c(F)c2n1)COC3. The van der Waals surface area contributed by atoms with Crippen LogP contribution in [0.2, 0.25) is 0 Å². The number of nitrogens with zero attached hydrogens (tertiary/aromatic N) is 7. The molecule has 0 aliphatic carbocycles. The fourth-order valence-corrected chi connectivity index (χ4v) is 7.45. The lowest BCUT2D eigenvalue weighted by molar-refractivity contribution is 0.108. The molecule has 2 fully saturated rings. The average Bonchev–Trinajstić information content (AvgIpc) is 3.67. The Morgan fingerprint density at radius 3 is 2.65 bits per heavy atom. The van der Waals surface area contributed by atoms with Crippen molar-refractivity contribution in [2.75, 3.05) is 50.4 Å². The van der Waals surface area contributed by atoms with Crippen LogP contribution in [0.5, 0.6) is 0 Å². The third-order valence-electron chi connectivity index (χ3n) is 8.71. The third-order valence-corrected chi connectivity index (χ3v) is 9.74. The highest BCUT2D eigenvalue weighted by Crippen LogP contribution is 2.45. The van der Waals surface area contributed by atoms with Crippen LogP contribution in [0.25, 0.3) is 32.2 Å². The summed E-state index contributed by atoms with van der Waals surface area (Å²) >= 11 is 0.961. The molecule has 0 amide bonds. The number of nitriles is 1. The summed E-state index contributed by atoms with van der Waals surface area (Å²) in [5, 5.41) is 10.8. The summed E-state index contributed by atoms with van der Waals surface area (Å²) in [5.74, 6) is -0.705. The Bertz CT molecular complexity index is 1710. The molecular weight excluding hydrogens is 534 g/mol. The van der Waals surface area contributed by atoms with Gasteiger partial charge in [-0.3, -0.25) is 9.88 Å². The number of fused-ring (bicyclic) bond motifs is 4. The van der Waals surface area contributed by atoms with Gasteiger partial charge in [-0.2, -0.15) is 5.26 Å². The van der Waals surface area contributed by atoms with Crippen molar-refractivity contribution in [1.82, 2.24) is 24.8 Å². The van der Waals surface area contributed by atoms with E-state index < -0.39 is 11.6 Å². The first-order valence-corrected chi connectivity index (χ1v) is 14.2. The second-order valence-electron chi connectivity index (χ2n) is 10.8. The summed E-state index contributed by atoms with van der Waals surface area (Å²) in [6.45, 7) is 7.55. The van der Waals surface area contributed by atoms with Crippen LogP contribution in [0, 0.1) is 23.0 Å². The minimum absolute atomic E-state index is 0.0957. The van der Waals surface area contributed by atoms with Gasteiger partial charge in [0.05, 0.1) is 35.4 Å². The normalized spacial score (nSPS) is 21.9. The molecule has 7 rings (SSSR count). The van der Waals surface area contributed by atoms with E-state index in [2.05, 4.69) is 44.7 Å². The first-order valence-electron chi connectivity index (χ1n) is 13.4. The Morgan fingerprint density at radius 1 is 1.10 bits per heavy atom. The molecule has 40 heavy (non-hydrogen) atoms. The number of rotatable bonds is 3. The maximum atomic E-state index is 16.6. The minimum Gasteiger partial charge on any atom is -0.389 e. The predicted octanol–water partition coefficient (Wildman–Crippen LogP) is 3.88. The Balaban J connectivity index is 1.36. The summed E-state index contributed by atoms with van der Waals surface area (Å²) < 4.78 is 37.3. The van der Waals surface area contributed by atoms with Crippen LogP contribution in [-0.4, -0.2) is 76.6 Å². The van der Waals surface area contributed by atoms with Gasteiger partial charge in [-0.15, -0.1) is 11.3 Å². The van der Waals surface area contributed by atoms with Crippen molar-refractivity contribution in [2.24, 2.45) is 0 Å². The first kappa shape index (κ1) is 25.5. The molecule has 4 aromatic rings. The van der Waals surface area contributed by atoms with E-state index in [1.807, 2.05) is 0 Å². The molecular formula is C28H28F2N8OS. The van der Waals surface area contributed by atoms with Crippen LogP contribution < -0.4 is 10.6 Å². The van der Waals surface area contributed by atoms with Crippen LogP contribution >= 0.6 is 11.3 Å². The maximum Gasteiger partial charge on any atom is 0.226 e. The van der Waals surface area contributed by atoms with Gasteiger partial charge in [-0.1, -0.05) is 0 Å². The summed E-state index contributed by atoms with van der Waals surface area (Å²) in [6, 6.07) is 2.60. The van der Waals surface area contributed by atoms with Crippen LogP contribution in [-0.2, 0) is 18.0 Å². The third kappa shape index (κ3) is 3.76. The fourth-order valence-electron chi connectivity index (χ4n) is 6.52. The summed E-state index contributed by atoms with van der Waals surface area (Å²) in [4.78, 5) is 20.8. The van der Waals surface area contributed by atoms with E-state index in [0.29, 0.717) is 22.9 Å². The topological polar surface area (TPSA) is 107 Å². The number of hydrogen-bond donors (Lipinski definition) is 1. The van der Waals surface area contributed by atoms with Gasteiger partial charge < -0.3 is 20.3 Å². The lowest BCUT2D eigenvalue weighted by atomic mass is 9.94. The van der Waals surface area contributed by atoms with Crippen molar-refractivity contribution in [2.45, 2.75) is 38.6 Å². The monoisotopic (exact) mass is 562 g/mol. The van der Waals surface area contributed by atoms with Crippen molar-refractivity contribution in [3.05, 3.63) is 40.7 Å². The molecule has 0 saturated carbocycles. The van der Waals surface area contributed by atoms with Gasteiger partial charge in [0.2, 0.25) is 5.95 Å². The number of likely N-dealkylation sites (N-methyl/N-ethyl adjacent to an activating group) is 1. The summed E-state index contributed by atoms with van der Waals surface area (Å²) in [5.41, 5.74) is 8.05. The molecule has 0 unspecified atom stereocenters. The zero-order valence-corrected chi connectivity index (χ0v) is 23.1. The lowest BCUT2D eigenvalue weighted by Crippen LogP contribution is -2.52. The number of anilines is 2. The predicted molar refractivity (Wildman–Crippen MR) is 150 cm³/mol. The van der Waals surface area contributed by atoms with E-state index in [9.17, 15) is 9.65 Å². The highest BCUT2D eigenvalue weighted by atomic mass is 32.1. The number of piperazine rings is 1. The minimum atomic E-state index is -0.603. The Labute approximate surface area is 233 Å². The quantitative estimate of drug-likeness (QED) is 0.398. The van der Waals surface area contributed by atoms with E-state index in [1.165, 1.54) is 0 Å². The van der Waals surface area contributed by atoms with Crippen LogP contribution in [0.3, 0.4) is 0 Å². The van der Waals surface area contributed by atoms with Gasteiger partial charge in [0.25, 0.3) is 0 Å². The maximum absolute atomic E-state index is 16.6. The van der Waals surface area contributed by atoms with E-state index in [1.54, 1.807) is 6.20 Å². The molecule has 3 aliphatic rings. The molecule has 2 atom stereocenters. The van der Waals surface area contributed by atoms with Gasteiger partial charge in [0, 0.05) is 67.3 Å². The number of benzene rings is 1. The molecule has 6 heterocycles.